The Morgan fingerprint density at radius 1 is 0.906 bits per heavy atom. The molecule has 7 heteroatoms. The number of aryl methyl sites for hydroxylation is 3. The molecule has 0 saturated carbocycles. The number of anilines is 2. The van der Waals surface area contributed by atoms with E-state index in [1.807, 2.05) is 69.3 Å². The van der Waals surface area contributed by atoms with E-state index in [0.717, 1.165) is 32.4 Å². The fourth-order valence-electron chi connectivity index (χ4n) is 3.56. The first-order chi connectivity index (χ1) is 15.4. The molecule has 0 saturated heterocycles. The van der Waals surface area contributed by atoms with E-state index in [4.69, 9.17) is 11.6 Å². The lowest BCUT2D eigenvalue weighted by Crippen LogP contribution is -2.18. The first-order valence-electron chi connectivity index (χ1n) is 10.2. The van der Waals surface area contributed by atoms with Gasteiger partial charge in [-0.2, -0.15) is 0 Å². The summed E-state index contributed by atoms with van der Waals surface area (Å²) < 4.78 is 0. The van der Waals surface area contributed by atoms with Gasteiger partial charge in [0.2, 0.25) is 5.95 Å². The first kappa shape index (κ1) is 22.0. The fourth-order valence-corrected chi connectivity index (χ4v) is 4.75. The van der Waals surface area contributed by atoms with Gasteiger partial charge in [-0.3, -0.25) is 4.79 Å². The number of hydrogen-bond donors (Lipinski definition) is 2. The zero-order chi connectivity index (χ0) is 22.7. The zero-order valence-electron chi connectivity index (χ0n) is 18.0. The van der Waals surface area contributed by atoms with Crippen LogP contribution in [0.5, 0.6) is 0 Å². The minimum atomic E-state index is -0.346. The molecule has 0 fully saturated rings. The average molecular weight is 463 g/mol. The second kappa shape index (κ2) is 9.51. The molecule has 1 atom stereocenters. The number of nitrogens with one attached hydrogen (secondary N) is 2. The number of thiophene rings is 1. The van der Waals surface area contributed by atoms with Crippen molar-refractivity contribution in [3.05, 3.63) is 105 Å². The highest BCUT2D eigenvalue weighted by molar-refractivity contribution is 7.16. The number of rotatable bonds is 6. The van der Waals surface area contributed by atoms with Crippen molar-refractivity contribution in [2.75, 3.05) is 10.6 Å². The standard InChI is InChI=1S/C25H23ClN4OS/c1-15-13-16(2)28-25(27-15)29-22(19-11-7-8-12-21(19)26)20-14-17(3)32-24(20)30-23(31)18-9-5-4-6-10-18/h4-14,22H,1-3H3,(H,30,31)(H,27,28,29)/t22-/m1/s1. The summed E-state index contributed by atoms with van der Waals surface area (Å²) >= 11 is 8.12. The molecular weight excluding hydrogens is 440 g/mol. The van der Waals surface area contributed by atoms with Gasteiger partial charge in [0.1, 0.15) is 5.00 Å². The van der Waals surface area contributed by atoms with Crippen LogP contribution in [-0.4, -0.2) is 15.9 Å². The van der Waals surface area contributed by atoms with Gasteiger partial charge in [0, 0.05) is 32.4 Å². The summed E-state index contributed by atoms with van der Waals surface area (Å²) in [5.74, 6) is 0.353. The fraction of sp³-hybridized carbons (Fsp3) is 0.160. The van der Waals surface area contributed by atoms with Gasteiger partial charge >= 0.3 is 0 Å². The van der Waals surface area contributed by atoms with Crippen molar-refractivity contribution in [1.29, 1.82) is 0 Å². The monoisotopic (exact) mass is 462 g/mol. The summed E-state index contributed by atoms with van der Waals surface area (Å²) in [4.78, 5) is 23.0. The van der Waals surface area contributed by atoms with Crippen molar-refractivity contribution in [1.82, 2.24) is 9.97 Å². The zero-order valence-corrected chi connectivity index (χ0v) is 19.6. The van der Waals surface area contributed by atoms with Gasteiger partial charge in [-0.1, -0.05) is 48.0 Å². The normalized spacial score (nSPS) is 11.8. The minimum absolute atomic E-state index is 0.158. The van der Waals surface area contributed by atoms with Gasteiger partial charge in [0.15, 0.2) is 0 Å². The van der Waals surface area contributed by atoms with E-state index in [-0.39, 0.29) is 11.9 Å². The van der Waals surface area contributed by atoms with Crippen LogP contribution in [0, 0.1) is 20.8 Å². The smallest absolute Gasteiger partial charge is 0.256 e. The van der Waals surface area contributed by atoms with Crippen LogP contribution < -0.4 is 10.6 Å². The van der Waals surface area contributed by atoms with E-state index < -0.39 is 0 Å². The molecule has 2 aromatic carbocycles. The summed E-state index contributed by atoms with van der Waals surface area (Å²) in [5, 5.41) is 7.92. The van der Waals surface area contributed by atoms with Gasteiger partial charge in [-0.15, -0.1) is 11.3 Å². The molecule has 2 heterocycles. The maximum absolute atomic E-state index is 12.9. The second-order valence-corrected chi connectivity index (χ2v) is 9.20. The second-order valence-electron chi connectivity index (χ2n) is 7.53. The molecular formula is C25H23ClN4OS. The minimum Gasteiger partial charge on any atom is -0.343 e. The largest absolute Gasteiger partial charge is 0.343 e. The number of carbonyl (C=O) groups is 1. The van der Waals surface area contributed by atoms with E-state index in [1.54, 1.807) is 12.1 Å². The Bertz CT molecular complexity index is 1240. The molecule has 4 rings (SSSR count). The molecule has 32 heavy (non-hydrogen) atoms. The predicted octanol–water partition coefficient (Wildman–Crippen LogP) is 6.57. The third kappa shape index (κ3) is 4.98. The third-order valence-corrected chi connectivity index (χ3v) is 6.26. The average Bonchev–Trinajstić information content (AvgIpc) is 3.12. The van der Waals surface area contributed by atoms with E-state index in [2.05, 4.69) is 26.7 Å². The summed E-state index contributed by atoms with van der Waals surface area (Å²) in [7, 11) is 0. The highest BCUT2D eigenvalue weighted by Gasteiger charge is 2.24. The summed E-state index contributed by atoms with van der Waals surface area (Å²) in [6.07, 6.45) is 0. The summed E-state index contributed by atoms with van der Waals surface area (Å²) in [6.45, 7) is 5.89. The van der Waals surface area contributed by atoms with Gasteiger partial charge in [-0.25, -0.2) is 9.97 Å². The SMILES string of the molecule is Cc1cc(C)nc(N[C@H](c2ccccc2Cl)c2cc(C)sc2NC(=O)c2ccccc2)n1. The Labute approximate surface area is 196 Å². The molecule has 1 amide bonds. The molecule has 0 aliphatic heterocycles. The molecule has 5 nitrogen and oxygen atoms in total. The Morgan fingerprint density at radius 2 is 1.56 bits per heavy atom. The lowest BCUT2D eigenvalue weighted by molar-refractivity contribution is 0.102. The first-order valence-corrected chi connectivity index (χ1v) is 11.4. The van der Waals surface area contributed by atoms with Crippen LogP contribution in [0.1, 0.15) is 43.8 Å². The molecule has 0 bridgehead atoms. The van der Waals surface area contributed by atoms with Crippen molar-refractivity contribution in [3.63, 3.8) is 0 Å². The van der Waals surface area contributed by atoms with Gasteiger partial charge in [0.25, 0.3) is 5.91 Å². The molecule has 4 aromatic rings. The molecule has 2 N–H and O–H groups in total. The van der Waals surface area contributed by atoms with Crippen LogP contribution in [-0.2, 0) is 0 Å². The van der Waals surface area contributed by atoms with Crippen LogP contribution in [0.15, 0.2) is 66.7 Å². The van der Waals surface area contributed by atoms with Crippen LogP contribution in [0.4, 0.5) is 10.9 Å². The van der Waals surface area contributed by atoms with E-state index in [0.29, 0.717) is 16.5 Å². The van der Waals surface area contributed by atoms with Gasteiger partial charge in [0.05, 0.1) is 6.04 Å². The van der Waals surface area contributed by atoms with Crippen molar-refractivity contribution in [2.24, 2.45) is 0 Å². The predicted molar refractivity (Wildman–Crippen MR) is 132 cm³/mol. The van der Waals surface area contributed by atoms with Gasteiger partial charge in [-0.05, 0) is 56.7 Å². The number of amides is 1. The van der Waals surface area contributed by atoms with Crippen molar-refractivity contribution < 1.29 is 4.79 Å². The quantitative estimate of drug-likeness (QED) is 0.340. The molecule has 0 aliphatic carbocycles. The number of benzene rings is 2. The summed E-state index contributed by atoms with van der Waals surface area (Å²) in [5.41, 5.74) is 4.14. The number of halogens is 1. The van der Waals surface area contributed by atoms with Crippen LogP contribution in [0.25, 0.3) is 0 Å². The maximum Gasteiger partial charge on any atom is 0.256 e. The lowest BCUT2D eigenvalue weighted by Gasteiger charge is -2.22. The number of carbonyl (C=O) groups excluding carboxylic acids is 1. The topological polar surface area (TPSA) is 66.9 Å². The molecule has 0 unspecified atom stereocenters. The van der Waals surface area contributed by atoms with Crippen molar-refractivity contribution >= 4 is 39.8 Å². The lowest BCUT2D eigenvalue weighted by atomic mass is 10.00. The van der Waals surface area contributed by atoms with Crippen LogP contribution in [0.2, 0.25) is 5.02 Å². The van der Waals surface area contributed by atoms with E-state index >= 15 is 0 Å². The van der Waals surface area contributed by atoms with E-state index in [9.17, 15) is 4.79 Å². The number of hydrogen-bond acceptors (Lipinski definition) is 5. The molecule has 2 aromatic heterocycles. The molecule has 0 aliphatic rings. The third-order valence-electron chi connectivity index (χ3n) is 4.93. The highest BCUT2D eigenvalue weighted by Crippen LogP contribution is 2.39. The number of nitrogens with zero attached hydrogens (tertiary/aromatic N) is 2. The van der Waals surface area contributed by atoms with Crippen LogP contribution >= 0.6 is 22.9 Å². The van der Waals surface area contributed by atoms with Gasteiger partial charge < -0.3 is 10.6 Å². The Kier molecular flexibility index (Phi) is 6.53. The highest BCUT2D eigenvalue weighted by atomic mass is 35.5. The van der Waals surface area contributed by atoms with Crippen LogP contribution in [0.3, 0.4) is 0 Å². The summed E-state index contributed by atoms with van der Waals surface area (Å²) in [6, 6.07) is 20.5. The van der Waals surface area contributed by atoms with Crippen molar-refractivity contribution in [3.8, 4) is 0 Å². The van der Waals surface area contributed by atoms with Crippen molar-refractivity contribution in [2.45, 2.75) is 26.8 Å². The Balaban J connectivity index is 1.76. The molecule has 162 valence electrons. The Morgan fingerprint density at radius 3 is 2.25 bits per heavy atom. The number of aromatic nitrogens is 2. The maximum atomic E-state index is 12.9. The van der Waals surface area contributed by atoms with E-state index in [1.165, 1.54) is 11.3 Å². The molecule has 0 spiro atoms. The Hall–Kier alpha value is -3.22. The molecule has 0 radical (unpaired) electrons.